The molecule has 0 aliphatic heterocycles. The molecule has 0 fully saturated rings. The van der Waals surface area contributed by atoms with Crippen LogP contribution in [0.2, 0.25) is 6.82 Å². The predicted molar refractivity (Wildman–Crippen MR) is 52.5 cm³/mol. The summed E-state index contributed by atoms with van der Waals surface area (Å²) in [5.74, 6) is 0.760. The summed E-state index contributed by atoms with van der Waals surface area (Å²) in [7, 11) is 1.25. The van der Waals surface area contributed by atoms with Gasteiger partial charge in [0.05, 0.1) is 0 Å². The summed E-state index contributed by atoms with van der Waals surface area (Å²) < 4.78 is 0. The Labute approximate surface area is 69.9 Å². The van der Waals surface area contributed by atoms with Gasteiger partial charge >= 0.3 is 0 Å². The van der Waals surface area contributed by atoms with E-state index in [4.69, 9.17) is 0 Å². The van der Waals surface area contributed by atoms with Gasteiger partial charge in [0.2, 0.25) is 0 Å². The highest BCUT2D eigenvalue weighted by atomic mass is 14.0. The summed E-state index contributed by atoms with van der Waals surface area (Å²) >= 11 is 0. The minimum Gasteiger partial charge on any atom is -0.0888 e. The Kier molecular flexibility index (Phi) is 3.22. The quantitative estimate of drug-likeness (QED) is 0.575. The molecule has 11 heavy (non-hydrogen) atoms. The fourth-order valence-electron chi connectivity index (χ4n) is 1.49. The van der Waals surface area contributed by atoms with Crippen LogP contribution in [0.15, 0.2) is 30.3 Å². The third-order valence-electron chi connectivity index (χ3n) is 2.26. The van der Waals surface area contributed by atoms with Crippen molar-refractivity contribution in [2.24, 2.45) is 0 Å². The third-order valence-corrected chi connectivity index (χ3v) is 2.26. The molecule has 1 aromatic carbocycles. The lowest BCUT2D eigenvalue weighted by molar-refractivity contribution is 0.873. The van der Waals surface area contributed by atoms with Crippen LogP contribution in [0, 0.1) is 0 Å². The van der Waals surface area contributed by atoms with Crippen LogP contribution < -0.4 is 0 Å². The van der Waals surface area contributed by atoms with Gasteiger partial charge in [0.15, 0.2) is 0 Å². The summed E-state index contributed by atoms with van der Waals surface area (Å²) in [6.45, 7) is 4.50. The Hall–Kier alpha value is -0.715. The van der Waals surface area contributed by atoms with Gasteiger partial charge in [0.25, 0.3) is 0 Å². The normalized spacial score (nSPS) is 12.5. The molecular formula is C10H15B. The first-order valence-electron chi connectivity index (χ1n) is 4.43. The molecule has 0 saturated carbocycles. The topological polar surface area (TPSA) is 0 Å². The average Bonchev–Trinajstić information content (AvgIpc) is 2.09. The van der Waals surface area contributed by atoms with Crippen molar-refractivity contribution < 1.29 is 0 Å². The van der Waals surface area contributed by atoms with Crippen molar-refractivity contribution in [1.29, 1.82) is 0 Å². The van der Waals surface area contributed by atoms with Crippen LogP contribution in [0.4, 0.5) is 0 Å². The van der Waals surface area contributed by atoms with Crippen molar-refractivity contribution in [2.45, 2.75) is 26.0 Å². The van der Waals surface area contributed by atoms with E-state index in [9.17, 15) is 0 Å². The maximum absolute atomic E-state index is 2.25. The van der Waals surface area contributed by atoms with Gasteiger partial charge in [-0.25, -0.2) is 0 Å². The zero-order chi connectivity index (χ0) is 8.10. The molecule has 1 rings (SSSR count). The van der Waals surface area contributed by atoms with E-state index >= 15 is 0 Å². The van der Waals surface area contributed by atoms with Crippen LogP contribution in [0.3, 0.4) is 0 Å². The summed E-state index contributed by atoms with van der Waals surface area (Å²) in [4.78, 5) is 0. The van der Waals surface area contributed by atoms with Crippen molar-refractivity contribution in [3.05, 3.63) is 35.9 Å². The molecule has 0 heterocycles. The predicted octanol–water partition coefficient (Wildman–Crippen LogP) is 2.62. The number of hydrogen-bond donors (Lipinski definition) is 0. The van der Waals surface area contributed by atoms with Crippen LogP contribution >= 0.6 is 0 Å². The Balaban J connectivity index is 2.74. The summed E-state index contributed by atoms with van der Waals surface area (Å²) in [6, 6.07) is 10.8. The number of hydrogen-bond acceptors (Lipinski definition) is 0. The zero-order valence-electron chi connectivity index (χ0n) is 7.38. The lowest BCUT2D eigenvalue weighted by Gasteiger charge is -2.10. The molecule has 0 bridgehead atoms. The van der Waals surface area contributed by atoms with E-state index in [2.05, 4.69) is 44.1 Å². The SMILES string of the molecule is CBC(CC)c1ccccc1. The molecule has 0 N–H and O–H groups in total. The van der Waals surface area contributed by atoms with Gasteiger partial charge in [-0.2, -0.15) is 0 Å². The largest absolute Gasteiger partial charge is 0.126 e. The second-order valence-electron chi connectivity index (χ2n) is 2.92. The summed E-state index contributed by atoms with van der Waals surface area (Å²) in [5.41, 5.74) is 1.48. The summed E-state index contributed by atoms with van der Waals surface area (Å²) in [6.07, 6.45) is 1.25. The lowest BCUT2D eigenvalue weighted by Crippen LogP contribution is -2.02. The van der Waals surface area contributed by atoms with Crippen molar-refractivity contribution in [3.8, 4) is 0 Å². The highest BCUT2D eigenvalue weighted by molar-refractivity contribution is 6.35. The first-order chi connectivity index (χ1) is 5.38. The van der Waals surface area contributed by atoms with Gasteiger partial charge < -0.3 is 0 Å². The van der Waals surface area contributed by atoms with Gasteiger partial charge in [-0.15, -0.1) is 0 Å². The highest BCUT2D eigenvalue weighted by Gasteiger charge is 2.05. The van der Waals surface area contributed by atoms with Gasteiger partial charge in [0, 0.05) is 0 Å². The first kappa shape index (κ1) is 8.38. The van der Waals surface area contributed by atoms with E-state index in [1.165, 1.54) is 19.3 Å². The van der Waals surface area contributed by atoms with Gasteiger partial charge in [-0.05, 0) is 5.82 Å². The Bertz CT molecular complexity index is 189. The minimum absolute atomic E-state index is 0.760. The fourth-order valence-corrected chi connectivity index (χ4v) is 1.49. The third kappa shape index (κ3) is 2.11. The molecule has 0 nitrogen and oxygen atoms in total. The molecule has 0 aliphatic carbocycles. The number of benzene rings is 1. The van der Waals surface area contributed by atoms with E-state index in [0.29, 0.717) is 0 Å². The molecule has 1 aromatic rings. The second-order valence-corrected chi connectivity index (χ2v) is 2.92. The fraction of sp³-hybridized carbons (Fsp3) is 0.400. The van der Waals surface area contributed by atoms with E-state index in [-0.39, 0.29) is 0 Å². The minimum atomic E-state index is 0.760. The molecular weight excluding hydrogens is 131 g/mol. The van der Waals surface area contributed by atoms with Crippen molar-refractivity contribution in [3.63, 3.8) is 0 Å². The Morgan fingerprint density at radius 3 is 2.36 bits per heavy atom. The molecule has 0 spiro atoms. The molecule has 1 atom stereocenters. The van der Waals surface area contributed by atoms with Crippen LogP contribution in [0.1, 0.15) is 24.7 Å². The van der Waals surface area contributed by atoms with Crippen LogP contribution in [0.5, 0.6) is 0 Å². The van der Waals surface area contributed by atoms with Crippen LogP contribution in [-0.4, -0.2) is 7.28 Å². The smallest absolute Gasteiger partial charge is 0.0888 e. The molecule has 58 valence electrons. The maximum atomic E-state index is 2.25. The highest BCUT2D eigenvalue weighted by Crippen LogP contribution is 2.16. The molecule has 0 radical (unpaired) electrons. The Morgan fingerprint density at radius 2 is 1.91 bits per heavy atom. The molecule has 0 amide bonds. The molecule has 0 saturated heterocycles. The van der Waals surface area contributed by atoms with Crippen LogP contribution in [0.25, 0.3) is 0 Å². The first-order valence-corrected chi connectivity index (χ1v) is 4.43. The van der Waals surface area contributed by atoms with Crippen molar-refractivity contribution in [2.75, 3.05) is 0 Å². The van der Waals surface area contributed by atoms with Crippen molar-refractivity contribution in [1.82, 2.24) is 0 Å². The average molecular weight is 146 g/mol. The molecule has 0 aromatic heterocycles. The maximum Gasteiger partial charge on any atom is 0.126 e. The number of rotatable bonds is 3. The Morgan fingerprint density at radius 1 is 1.27 bits per heavy atom. The van der Waals surface area contributed by atoms with Gasteiger partial charge in [0.1, 0.15) is 7.28 Å². The molecule has 0 aliphatic rings. The molecule has 1 heteroatoms. The lowest BCUT2D eigenvalue weighted by atomic mass is 9.62. The van der Waals surface area contributed by atoms with Crippen molar-refractivity contribution >= 4 is 7.28 Å². The van der Waals surface area contributed by atoms with Gasteiger partial charge in [-0.3, -0.25) is 0 Å². The summed E-state index contributed by atoms with van der Waals surface area (Å²) in [5, 5.41) is 0. The van der Waals surface area contributed by atoms with E-state index in [1.807, 2.05) is 0 Å². The van der Waals surface area contributed by atoms with Crippen LogP contribution in [-0.2, 0) is 0 Å². The molecule has 1 unspecified atom stereocenters. The monoisotopic (exact) mass is 146 g/mol. The van der Waals surface area contributed by atoms with E-state index in [1.54, 1.807) is 0 Å². The second kappa shape index (κ2) is 4.22. The zero-order valence-corrected chi connectivity index (χ0v) is 7.38. The van der Waals surface area contributed by atoms with E-state index < -0.39 is 0 Å². The van der Waals surface area contributed by atoms with Gasteiger partial charge in [-0.1, -0.05) is 56.1 Å². The van der Waals surface area contributed by atoms with E-state index in [0.717, 1.165) is 5.82 Å². The standard InChI is InChI=1S/C10H15B/c1-3-10(11-2)9-7-5-4-6-8-9/h4-8,10-11H,3H2,1-2H3.